The van der Waals surface area contributed by atoms with Crippen LogP contribution >= 0.6 is 12.2 Å². The second kappa shape index (κ2) is 11.5. The Kier molecular flexibility index (Phi) is 10.4. The van der Waals surface area contributed by atoms with Crippen molar-refractivity contribution in [1.82, 2.24) is 15.8 Å². The van der Waals surface area contributed by atoms with Crippen LogP contribution in [0.2, 0.25) is 0 Å². The monoisotopic (exact) mass is 367 g/mol. The Morgan fingerprint density at radius 2 is 2.05 bits per heavy atom. The number of nitrogens with zero attached hydrogens (tertiary/aromatic N) is 1. The van der Waals surface area contributed by atoms with E-state index in [0.29, 0.717) is 11.3 Å². The van der Waals surface area contributed by atoms with Gasteiger partial charge in [0.25, 0.3) is 0 Å². The zero-order valence-electron chi connectivity index (χ0n) is 11.7. The molecule has 0 bridgehead atoms. The molecule has 0 saturated heterocycles. The van der Waals surface area contributed by atoms with Crippen molar-refractivity contribution in [3.05, 3.63) is 66.4 Å². The van der Waals surface area contributed by atoms with E-state index in [-0.39, 0.29) is 28.0 Å². The number of carbonyl (C=O) groups excluding carboxylic acids is 1. The maximum Gasteiger partial charge on any atom is 0.229 e. The fourth-order valence-electron chi connectivity index (χ4n) is 1.30. The topological polar surface area (TPSA) is 89.3 Å². The van der Waals surface area contributed by atoms with E-state index in [2.05, 4.69) is 28.1 Å². The minimum atomic E-state index is -0.197. The van der Waals surface area contributed by atoms with Crippen LogP contribution in [0.4, 0.5) is 0 Å². The Bertz CT molecular complexity index is 547. The molecule has 1 aromatic heterocycles. The fourth-order valence-corrected chi connectivity index (χ4v) is 1.36. The molecule has 1 aliphatic rings. The second-order valence-electron chi connectivity index (χ2n) is 3.68. The Hall–Kier alpha value is -2.15. The van der Waals surface area contributed by atoms with Crippen LogP contribution in [0.25, 0.3) is 0 Å². The molecule has 0 spiro atoms. The number of nitrogens with two attached hydrogens (primary N) is 1. The Balaban J connectivity index is 0.000000529. The first-order chi connectivity index (χ1) is 10.1. The molecule has 2 rings (SSSR count). The number of rotatable bonds is 3. The van der Waals surface area contributed by atoms with Gasteiger partial charge >= 0.3 is 0 Å². The number of thiocarbonyl (C=S) groups is 1. The SMILES string of the molecule is COC1=CC=C/C(=C/NNC(N)=S)C1=O.[Cu].c1ccncc1. The molecule has 121 valence electrons. The summed E-state index contributed by atoms with van der Waals surface area (Å²) in [5, 5.41) is 0.0987. The largest absolute Gasteiger partial charge is 0.493 e. The van der Waals surface area contributed by atoms with E-state index in [1.807, 2.05) is 18.2 Å². The second-order valence-corrected chi connectivity index (χ2v) is 4.12. The summed E-state index contributed by atoms with van der Waals surface area (Å²) in [5.74, 6) is 0.0955. The van der Waals surface area contributed by atoms with Crippen molar-refractivity contribution in [2.24, 2.45) is 5.73 Å². The molecule has 8 heteroatoms. The van der Waals surface area contributed by atoms with Crippen LogP contribution in [0, 0.1) is 0 Å². The van der Waals surface area contributed by atoms with Crippen LogP contribution in [0.1, 0.15) is 0 Å². The number of hydrogen-bond donors (Lipinski definition) is 3. The normalized spacial score (nSPS) is 14.0. The molecule has 0 aliphatic heterocycles. The number of hydrogen-bond acceptors (Lipinski definition) is 5. The summed E-state index contributed by atoms with van der Waals surface area (Å²) in [6, 6.07) is 5.72. The molecule has 0 amide bonds. The van der Waals surface area contributed by atoms with Crippen molar-refractivity contribution in [2.75, 3.05) is 7.11 Å². The van der Waals surface area contributed by atoms with Gasteiger partial charge in [0.2, 0.25) is 5.78 Å². The van der Waals surface area contributed by atoms with E-state index < -0.39 is 0 Å². The number of ether oxygens (including phenoxy) is 1. The number of nitrogens with one attached hydrogen (secondary N) is 2. The number of carbonyl (C=O) groups is 1. The van der Waals surface area contributed by atoms with Crippen molar-refractivity contribution in [2.45, 2.75) is 0 Å². The minimum Gasteiger partial charge on any atom is -0.493 e. The van der Waals surface area contributed by atoms with Crippen molar-refractivity contribution in [3.8, 4) is 0 Å². The smallest absolute Gasteiger partial charge is 0.229 e. The molecule has 1 heterocycles. The van der Waals surface area contributed by atoms with Gasteiger partial charge in [0.15, 0.2) is 10.9 Å². The number of methoxy groups -OCH3 is 1. The molecule has 6 nitrogen and oxygen atoms in total. The zero-order chi connectivity index (χ0) is 15.5. The fraction of sp³-hybridized carbons (Fsp3) is 0.0714. The van der Waals surface area contributed by atoms with E-state index >= 15 is 0 Å². The number of pyridine rings is 1. The van der Waals surface area contributed by atoms with Crippen LogP contribution in [0.5, 0.6) is 0 Å². The molecular weight excluding hydrogens is 352 g/mol. The first-order valence-electron chi connectivity index (χ1n) is 5.98. The number of Topliss-reactive ketones (excluding diaryl/α,β-unsaturated/α-hetero) is 1. The summed E-state index contributed by atoms with van der Waals surface area (Å²) in [7, 11) is 1.45. The first kappa shape index (κ1) is 19.8. The Morgan fingerprint density at radius 3 is 2.50 bits per heavy atom. The molecule has 0 unspecified atom stereocenters. The summed E-state index contributed by atoms with van der Waals surface area (Å²) in [5.41, 5.74) is 10.7. The van der Waals surface area contributed by atoms with Gasteiger partial charge in [-0.15, -0.1) is 0 Å². The first-order valence-corrected chi connectivity index (χ1v) is 6.39. The van der Waals surface area contributed by atoms with Gasteiger partial charge in [0.05, 0.1) is 7.11 Å². The number of aromatic nitrogens is 1. The Labute approximate surface area is 145 Å². The van der Waals surface area contributed by atoms with Crippen molar-refractivity contribution in [1.29, 1.82) is 0 Å². The van der Waals surface area contributed by atoms with Crippen molar-refractivity contribution >= 4 is 23.1 Å². The summed E-state index contributed by atoms with van der Waals surface area (Å²) in [6.45, 7) is 0. The van der Waals surface area contributed by atoms with Gasteiger partial charge in [-0.25, -0.2) is 0 Å². The van der Waals surface area contributed by atoms with Crippen LogP contribution in [-0.4, -0.2) is 23.0 Å². The molecular formula is C14H16CuN4O2S. The average Bonchev–Trinajstić information content (AvgIpc) is 2.51. The van der Waals surface area contributed by atoms with E-state index in [0.717, 1.165) is 0 Å². The molecule has 0 fully saturated rings. The number of ketones is 1. The summed E-state index contributed by atoms with van der Waals surface area (Å²) in [4.78, 5) is 15.4. The van der Waals surface area contributed by atoms with Crippen LogP contribution in [-0.2, 0) is 26.6 Å². The third-order valence-electron chi connectivity index (χ3n) is 2.22. The van der Waals surface area contributed by atoms with E-state index in [1.54, 1.807) is 30.6 Å². The van der Waals surface area contributed by atoms with E-state index in [1.165, 1.54) is 13.3 Å². The molecule has 22 heavy (non-hydrogen) atoms. The van der Waals surface area contributed by atoms with Gasteiger partial charge in [-0.3, -0.25) is 15.2 Å². The maximum atomic E-state index is 11.6. The molecule has 4 N–H and O–H groups in total. The van der Waals surface area contributed by atoms with E-state index in [4.69, 9.17) is 10.5 Å². The average molecular weight is 368 g/mol. The maximum absolute atomic E-state index is 11.6. The molecule has 1 aliphatic carbocycles. The molecule has 0 aromatic carbocycles. The van der Waals surface area contributed by atoms with Gasteiger partial charge in [0, 0.05) is 41.2 Å². The molecule has 1 radical (unpaired) electrons. The van der Waals surface area contributed by atoms with Gasteiger partial charge in [-0.2, -0.15) is 0 Å². The van der Waals surface area contributed by atoms with Gasteiger partial charge in [-0.05, 0) is 36.5 Å². The number of allylic oxidation sites excluding steroid dienone is 4. The van der Waals surface area contributed by atoms with Crippen LogP contribution in [0.15, 0.2) is 66.4 Å². The predicted octanol–water partition coefficient (Wildman–Crippen LogP) is 0.956. The molecule has 0 saturated carbocycles. The van der Waals surface area contributed by atoms with Gasteiger partial charge < -0.3 is 15.9 Å². The third-order valence-corrected chi connectivity index (χ3v) is 2.32. The summed E-state index contributed by atoms with van der Waals surface area (Å²) >= 11 is 4.57. The van der Waals surface area contributed by atoms with Gasteiger partial charge in [-0.1, -0.05) is 12.1 Å². The standard InChI is InChI=1S/C9H11N3O2S.C5H5N.Cu/c1-14-7-4-2-3-6(8(7)13)5-11-12-9(10)15;1-2-4-6-5-3-1;/h2-5,11H,1H3,(H3,10,12,15);1-5H;/b6-5-;;. The quantitative estimate of drug-likeness (QED) is 0.317. The number of hydrazine groups is 1. The third kappa shape index (κ3) is 7.58. The Morgan fingerprint density at radius 1 is 1.36 bits per heavy atom. The zero-order valence-corrected chi connectivity index (χ0v) is 13.5. The summed E-state index contributed by atoms with van der Waals surface area (Å²) < 4.78 is 4.88. The minimum absolute atomic E-state index is 0. The van der Waals surface area contributed by atoms with Gasteiger partial charge in [0.1, 0.15) is 0 Å². The van der Waals surface area contributed by atoms with Crippen molar-refractivity contribution < 1.29 is 26.6 Å². The molecule has 1 aromatic rings. The van der Waals surface area contributed by atoms with E-state index in [9.17, 15) is 4.79 Å². The predicted molar refractivity (Wildman–Crippen MR) is 84.6 cm³/mol. The van der Waals surface area contributed by atoms with Crippen LogP contribution in [0.3, 0.4) is 0 Å². The summed E-state index contributed by atoms with van der Waals surface area (Å²) in [6.07, 6.45) is 9.93. The van der Waals surface area contributed by atoms with Crippen molar-refractivity contribution in [3.63, 3.8) is 0 Å². The molecule has 0 atom stereocenters. The van der Waals surface area contributed by atoms with Crippen LogP contribution < -0.4 is 16.6 Å².